The Morgan fingerprint density at radius 2 is 1.70 bits per heavy atom. The number of nitrogens with two attached hydrogens (primary N) is 1. The van der Waals surface area contributed by atoms with Crippen LogP contribution in [0, 0.1) is 0 Å². The molecule has 1 aromatic carbocycles. The molecule has 0 saturated heterocycles. The van der Waals surface area contributed by atoms with Crippen LogP contribution in [0.2, 0.25) is 0 Å². The fourth-order valence-corrected chi connectivity index (χ4v) is 1.50. The summed E-state index contributed by atoms with van der Waals surface area (Å²) in [5, 5.41) is 6.68. The Bertz CT molecular complexity index is 590. The number of hydrogen-bond donors (Lipinski definition) is 4. The van der Waals surface area contributed by atoms with E-state index in [4.69, 9.17) is 10.5 Å². The van der Waals surface area contributed by atoms with Gasteiger partial charge in [-0.3, -0.25) is 10.1 Å². The van der Waals surface area contributed by atoms with E-state index in [1.807, 2.05) is 0 Å². The molecule has 5 N–H and O–H groups in total. The quantitative estimate of drug-likeness (QED) is 0.578. The molecule has 9 heteroatoms. The lowest BCUT2D eigenvalue weighted by Crippen LogP contribution is -2.46. The van der Waals surface area contributed by atoms with Gasteiger partial charge in [0.05, 0.1) is 0 Å². The molecule has 0 aliphatic heterocycles. The number of para-hydroxylation sites is 1. The molecule has 23 heavy (non-hydrogen) atoms. The summed E-state index contributed by atoms with van der Waals surface area (Å²) in [6.45, 7) is 2.67. The minimum Gasteiger partial charge on any atom is -0.451 e. The summed E-state index contributed by atoms with van der Waals surface area (Å²) in [6, 6.07) is 5.99. The molecule has 0 aliphatic carbocycles. The Balaban J connectivity index is 2.45. The van der Waals surface area contributed by atoms with Gasteiger partial charge in [-0.15, -0.1) is 0 Å². The smallest absolute Gasteiger partial charge is 0.329 e. The first-order chi connectivity index (χ1) is 10.8. The third-order valence-corrected chi connectivity index (χ3v) is 2.64. The molecular formula is C14H18N4O5. The summed E-state index contributed by atoms with van der Waals surface area (Å²) in [7, 11) is 0. The average Bonchev–Trinajstić information content (AvgIpc) is 2.47. The van der Waals surface area contributed by atoms with Gasteiger partial charge < -0.3 is 21.1 Å². The van der Waals surface area contributed by atoms with Gasteiger partial charge in [0.2, 0.25) is 0 Å². The fraction of sp³-hybridized carbons (Fsp3) is 0.286. The Hall–Kier alpha value is -3.10. The van der Waals surface area contributed by atoms with Crippen molar-refractivity contribution in [2.45, 2.75) is 26.0 Å². The molecule has 5 amide bonds. The predicted molar refractivity (Wildman–Crippen MR) is 81.3 cm³/mol. The first-order valence-electron chi connectivity index (χ1n) is 6.73. The third kappa shape index (κ3) is 6.46. The van der Waals surface area contributed by atoms with Gasteiger partial charge in [-0.25, -0.2) is 14.4 Å². The number of carbonyl (C=O) groups excluding carboxylic acids is 4. The van der Waals surface area contributed by atoms with Gasteiger partial charge in [0.1, 0.15) is 6.04 Å². The van der Waals surface area contributed by atoms with Crippen molar-refractivity contribution >= 4 is 29.6 Å². The second kappa shape index (κ2) is 8.37. The summed E-state index contributed by atoms with van der Waals surface area (Å²) in [6.07, 6.45) is -1.23. The van der Waals surface area contributed by atoms with Crippen molar-refractivity contribution in [1.82, 2.24) is 10.6 Å². The highest BCUT2D eigenvalue weighted by Gasteiger charge is 2.23. The first kappa shape index (κ1) is 18.0. The van der Waals surface area contributed by atoms with Crippen LogP contribution in [-0.4, -0.2) is 36.1 Å². The Labute approximate surface area is 132 Å². The molecule has 0 saturated carbocycles. The molecule has 9 nitrogen and oxygen atoms in total. The maximum atomic E-state index is 11.8. The number of carbonyl (C=O) groups is 4. The van der Waals surface area contributed by atoms with Crippen molar-refractivity contribution < 1.29 is 23.9 Å². The van der Waals surface area contributed by atoms with Crippen LogP contribution >= 0.6 is 0 Å². The lowest BCUT2D eigenvalue weighted by atomic mass is 10.3. The maximum absolute atomic E-state index is 11.8. The first-order valence-corrected chi connectivity index (χ1v) is 6.73. The number of nitrogens with one attached hydrogen (secondary N) is 3. The van der Waals surface area contributed by atoms with Crippen LogP contribution in [0.5, 0.6) is 0 Å². The van der Waals surface area contributed by atoms with E-state index in [0.29, 0.717) is 5.69 Å². The highest BCUT2D eigenvalue weighted by Crippen LogP contribution is 2.04. The number of esters is 1. The number of urea groups is 2. The number of anilines is 1. The maximum Gasteiger partial charge on any atom is 0.329 e. The molecule has 2 atom stereocenters. The number of ether oxygens (including phenoxy) is 1. The zero-order chi connectivity index (χ0) is 17.4. The van der Waals surface area contributed by atoms with E-state index in [-0.39, 0.29) is 0 Å². The number of hydrogen-bond acceptors (Lipinski definition) is 5. The van der Waals surface area contributed by atoms with Crippen molar-refractivity contribution in [3.8, 4) is 0 Å². The largest absolute Gasteiger partial charge is 0.451 e. The van der Waals surface area contributed by atoms with Crippen molar-refractivity contribution in [2.75, 3.05) is 5.32 Å². The summed E-state index contributed by atoms with van der Waals surface area (Å²) in [4.78, 5) is 45.4. The van der Waals surface area contributed by atoms with Crippen LogP contribution in [0.25, 0.3) is 0 Å². The minimum atomic E-state index is -1.23. The summed E-state index contributed by atoms with van der Waals surface area (Å²) < 4.78 is 4.82. The van der Waals surface area contributed by atoms with E-state index in [0.717, 1.165) is 0 Å². The molecule has 0 unspecified atom stereocenters. The SMILES string of the molecule is C[C@H](NC(=O)Nc1ccccc1)C(=O)O[C@@H](C)C(=O)NC(N)=O. The predicted octanol–water partition coefficient (Wildman–Crippen LogP) is 0.323. The van der Waals surface area contributed by atoms with Gasteiger partial charge in [0.15, 0.2) is 6.10 Å². The van der Waals surface area contributed by atoms with Crippen LogP contribution in [0.15, 0.2) is 30.3 Å². The molecule has 1 rings (SSSR count). The van der Waals surface area contributed by atoms with Gasteiger partial charge >= 0.3 is 18.0 Å². The van der Waals surface area contributed by atoms with Gasteiger partial charge in [0, 0.05) is 5.69 Å². The van der Waals surface area contributed by atoms with E-state index < -0.39 is 36.1 Å². The number of benzene rings is 1. The number of amides is 5. The second-order valence-corrected chi connectivity index (χ2v) is 4.62. The van der Waals surface area contributed by atoms with Gasteiger partial charge in [-0.05, 0) is 26.0 Å². The number of imide groups is 1. The van der Waals surface area contributed by atoms with Gasteiger partial charge in [0.25, 0.3) is 5.91 Å². The highest BCUT2D eigenvalue weighted by atomic mass is 16.5. The molecule has 0 aliphatic rings. The standard InChI is InChI=1S/C14H18N4O5/c1-8(12(20)23-9(2)11(19)18-13(15)21)16-14(22)17-10-6-4-3-5-7-10/h3-9H,1-2H3,(H2,16,17,22)(H3,15,18,19,21)/t8-,9-/m0/s1. The van der Waals surface area contributed by atoms with E-state index in [2.05, 4.69) is 10.6 Å². The molecule has 0 radical (unpaired) electrons. The molecule has 0 heterocycles. The number of rotatable bonds is 5. The zero-order valence-corrected chi connectivity index (χ0v) is 12.7. The van der Waals surface area contributed by atoms with Crippen LogP contribution < -0.4 is 21.7 Å². The van der Waals surface area contributed by atoms with Crippen LogP contribution in [0.4, 0.5) is 15.3 Å². The lowest BCUT2D eigenvalue weighted by molar-refractivity contribution is -0.155. The lowest BCUT2D eigenvalue weighted by Gasteiger charge is -2.17. The minimum absolute atomic E-state index is 0.555. The monoisotopic (exact) mass is 322 g/mol. The normalized spacial score (nSPS) is 12.4. The van der Waals surface area contributed by atoms with E-state index in [1.54, 1.807) is 35.6 Å². The fourth-order valence-electron chi connectivity index (χ4n) is 1.50. The average molecular weight is 322 g/mol. The Kier molecular flexibility index (Phi) is 6.53. The van der Waals surface area contributed by atoms with Crippen molar-refractivity contribution in [3.05, 3.63) is 30.3 Å². The Morgan fingerprint density at radius 3 is 2.26 bits per heavy atom. The van der Waals surface area contributed by atoms with Crippen LogP contribution in [0.1, 0.15) is 13.8 Å². The highest BCUT2D eigenvalue weighted by molar-refractivity contribution is 5.97. The van der Waals surface area contributed by atoms with Crippen molar-refractivity contribution in [1.29, 1.82) is 0 Å². The molecule has 124 valence electrons. The zero-order valence-electron chi connectivity index (χ0n) is 12.7. The van der Waals surface area contributed by atoms with E-state index >= 15 is 0 Å². The van der Waals surface area contributed by atoms with Crippen molar-refractivity contribution in [2.24, 2.45) is 5.73 Å². The molecular weight excluding hydrogens is 304 g/mol. The van der Waals surface area contributed by atoms with E-state index in [1.165, 1.54) is 13.8 Å². The van der Waals surface area contributed by atoms with Gasteiger partial charge in [-0.1, -0.05) is 18.2 Å². The molecule has 0 aromatic heterocycles. The topological polar surface area (TPSA) is 140 Å². The Morgan fingerprint density at radius 1 is 1.09 bits per heavy atom. The molecule has 0 fully saturated rings. The van der Waals surface area contributed by atoms with Gasteiger partial charge in [-0.2, -0.15) is 0 Å². The van der Waals surface area contributed by atoms with E-state index in [9.17, 15) is 19.2 Å². The summed E-state index contributed by atoms with van der Waals surface area (Å²) in [5.74, 6) is -1.69. The number of primary amides is 1. The summed E-state index contributed by atoms with van der Waals surface area (Å²) in [5.41, 5.74) is 5.34. The molecule has 0 spiro atoms. The molecule has 0 bridgehead atoms. The third-order valence-electron chi connectivity index (χ3n) is 2.64. The van der Waals surface area contributed by atoms with Crippen molar-refractivity contribution in [3.63, 3.8) is 0 Å². The van der Waals surface area contributed by atoms with Crippen LogP contribution in [0.3, 0.4) is 0 Å². The molecule has 1 aromatic rings. The second-order valence-electron chi connectivity index (χ2n) is 4.62. The summed E-state index contributed by atoms with van der Waals surface area (Å²) >= 11 is 0. The van der Waals surface area contributed by atoms with Crippen LogP contribution in [-0.2, 0) is 14.3 Å².